The predicted molar refractivity (Wildman–Crippen MR) is 96.5 cm³/mol. The van der Waals surface area contributed by atoms with Gasteiger partial charge in [0.2, 0.25) is 0 Å². The Morgan fingerprint density at radius 2 is 1.88 bits per heavy atom. The summed E-state index contributed by atoms with van der Waals surface area (Å²) in [5.41, 5.74) is 2.55. The summed E-state index contributed by atoms with van der Waals surface area (Å²) in [6.07, 6.45) is 3.15. The fourth-order valence-corrected chi connectivity index (χ4v) is 4.24. The molecule has 0 fully saturated rings. The van der Waals surface area contributed by atoms with Gasteiger partial charge >= 0.3 is 0 Å². The van der Waals surface area contributed by atoms with Gasteiger partial charge < -0.3 is 5.11 Å². The Morgan fingerprint density at radius 3 is 2.58 bits per heavy atom. The molecule has 4 nitrogen and oxygen atoms in total. The lowest BCUT2D eigenvalue weighted by Gasteiger charge is -2.28. The van der Waals surface area contributed by atoms with Crippen molar-refractivity contribution in [2.45, 2.75) is 32.0 Å². The Kier molecular flexibility index (Phi) is 4.92. The summed E-state index contributed by atoms with van der Waals surface area (Å²) in [5, 5.41) is 16.9. The van der Waals surface area contributed by atoms with E-state index in [1.807, 2.05) is 30.3 Å². The molecule has 1 atom stereocenters. The van der Waals surface area contributed by atoms with Gasteiger partial charge in [0, 0.05) is 0 Å². The van der Waals surface area contributed by atoms with E-state index in [0.717, 1.165) is 5.56 Å². The molecule has 1 heterocycles. The number of aryl methyl sites for hydroxylation is 1. The van der Waals surface area contributed by atoms with E-state index >= 15 is 0 Å². The first-order valence-electron chi connectivity index (χ1n) is 7.99. The molecular formula is C19H21N3OSi. The fourth-order valence-electron chi connectivity index (χ4n) is 2.76. The molecular weight excluding hydrogens is 314 g/mol. The van der Waals surface area contributed by atoms with Gasteiger partial charge in [0.05, 0.1) is 16.1 Å². The molecule has 2 aromatic carbocycles. The van der Waals surface area contributed by atoms with Gasteiger partial charge in [-0.1, -0.05) is 53.7 Å². The minimum atomic E-state index is -0.969. The molecule has 0 aliphatic rings. The van der Waals surface area contributed by atoms with Crippen molar-refractivity contribution in [3.8, 4) is 0 Å². The van der Waals surface area contributed by atoms with Crippen LogP contribution in [0.2, 0.25) is 6.04 Å². The zero-order valence-corrected chi connectivity index (χ0v) is 15.0. The van der Waals surface area contributed by atoms with Gasteiger partial charge in [0.15, 0.2) is 0 Å². The molecule has 0 spiro atoms. The molecule has 2 radical (unpaired) electrons. The van der Waals surface area contributed by atoms with E-state index in [-0.39, 0.29) is 0 Å². The lowest BCUT2D eigenvalue weighted by Crippen LogP contribution is -2.36. The standard InChI is InChI=1S/C19H21N3OSi/c1-15-7-6-10-18(16(15)2)24-12-19(23,11-22-14-20-13-21-22)17-8-4-3-5-9-17/h3-10,13-14,23H,11-12H2,1-2H3. The van der Waals surface area contributed by atoms with Crippen molar-refractivity contribution in [3.05, 3.63) is 77.9 Å². The highest BCUT2D eigenvalue weighted by atomic mass is 28.2. The maximum absolute atomic E-state index is 11.4. The molecule has 1 unspecified atom stereocenters. The molecule has 3 rings (SSSR count). The van der Waals surface area contributed by atoms with Crippen LogP contribution >= 0.6 is 0 Å². The molecule has 1 aromatic heterocycles. The second kappa shape index (κ2) is 7.11. The normalized spacial score (nSPS) is 13.6. The lowest BCUT2D eigenvalue weighted by molar-refractivity contribution is 0.0348. The van der Waals surface area contributed by atoms with Crippen LogP contribution < -0.4 is 5.19 Å². The van der Waals surface area contributed by atoms with Crippen LogP contribution in [0.1, 0.15) is 16.7 Å². The van der Waals surface area contributed by atoms with E-state index in [1.165, 1.54) is 22.6 Å². The van der Waals surface area contributed by atoms with Crippen molar-refractivity contribution >= 4 is 14.7 Å². The second-order valence-corrected chi connectivity index (χ2v) is 7.34. The van der Waals surface area contributed by atoms with Crippen molar-refractivity contribution < 1.29 is 5.11 Å². The average molecular weight is 335 g/mol. The van der Waals surface area contributed by atoms with Crippen molar-refractivity contribution in [2.75, 3.05) is 0 Å². The highest BCUT2D eigenvalue weighted by molar-refractivity contribution is 6.54. The lowest BCUT2D eigenvalue weighted by atomic mass is 9.96. The molecule has 3 aromatic rings. The summed E-state index contributed by atoms with van der Waals surface area (Å²) >= 11 is 0. The van der Waals surface area contributed by atoms with Crippen LogP contribution in [-0.2, 0) is 12.1 Å². The minimum absolute atomic E-state index is 0.398. The van der Waals surface area contributed by atoms with Crippen molar-refractivity contribution in [3.63, 3.8) is 0 Å². The Balaban J connectivity index is 1.86. The molecule has 0 saturated heterocycles. The highest BCUT2D eigenvalue weighted by Gasteiger charge is 2.30. The molecule has 0 saturated carbocycles. The summed E-state index contributed by atoms with van der Waals surface area (Å²) in [7, 11) is 0.526. The summed E-state index contributed by atoms with van der Waals surface area (Å²) in [6.45, 7) is 4.67. The molecule has 0 aliphatic heterocycles. The minimum Gasteiger partial charge on any atom is -0.384 e. The molecule has 0 amide bonds. The fraction of sp³-hybridized carbons (Fsp3) is 0.263. The smallest absolute Gasteiger partial charge is 0.137 e. The Morgan fingerprint density at radius 1 is 1.08 bits per heavy atom. The largest absolute Gasteiger partial charge is 0.384 e. The average Bonchev–Trinajstić information content (AvgIpc) is 3.10. The molecule has 24 heavy (non-hydrogen) atoms. The van der Waals surface area contributed by atoms with Crippen molar-refractivity contribution in [1.29, 1.82) is 0 Å². The topological polar surface area (TPSA) is 50.9 Å². The number of benzene rings is 2. The maximum Gasteiger partial charge on any atom is 0.137 e. The second-order valence-electron chi connectivity index (χ2n) is 6.09. The van der Waals surface area contributed by atoms with Crippen LogP contribution in [0, 0.1) is 13.8 Å². The molecule has 0 bridgehead atoms. The van der Waals surface area contributed by atoms with Crippen LogP contribution in [0.4, 0.5) is 0 Å². The van der Waals surface area contributed by atoms with Crippen LogP contribution in [0.3, 0.4) is 0 Å². The van der Waals surface area contributed by atoms with E-state index in [1.54, 1.807) is 11.0 Å². The first-order chi connectivity index (χ1) is 11.6. The number of aliphatic hydroxyl groups is 1. The van der Waals surface area contributed by atoms with E-state index in [2.05, 4.69) is 42.1 Å². The van der Waals surface area contributed by atoms with Crippen LogP contribution in [0.5, 0.6) is 0 Å². The maximum atomic E-state index is 11.4. The summed E-state index contributed by atoms with van der Waals surface area (Å²) in [4.78, 5) is 3.99. The zero-order chi connectivity index (χ0) is 17.0. The van der Waals surface area contributed by atoms with E-state index in [0.29, 0.717) is 22.1 Å². The van der Waals surface area contributed by atoms with Crippen LogP contribution in [0.15, 0.2) is 61.2 Å². The first-order valence-corrected chi connectivity index (χ1v) is 9.20. The van der Waals surface area contributed by atoms with E-state index in [4.69, 9.17) is 0 Å². The molecule has 0 aliphatic carbocycles. The van der Waals surface area contributed by atoms with Gasteiger partial charge in [-0.25, -0.2) is 9.67 Å². The third-order valence-corrected chi connectivity index (χ3v) is 6.06. The van der Waals surface area contributed by atoms with Crippen LogP contribution in [0.25, 0.3) is 0 Å². The first kappa shape index (κ1) is 16.6. The molecule has 1 N–H and O–H groups in total. The summed E-state index contributed by atoms with van der Waals surface area (Å²) in [6, 6.07) is 16.9. The Bertz CT molecular complexity index is 790. The van der Waals surface area contributed by atoms with Gasteiger partial charge in [-0.05, 0) is 36.6 Å². The van der Waals surface area contributed by atoms with Crippen LogP contribution in [-0.4, -0.2) is 29.4 Å². The van der Waals surface area contributed by atoms with Gasteiger partial charge in [0.25, 0.3) is 0 Å². The zero-order valence-electron chi connectivity index (χ0n) is 14.0. The number of hydrogen-bond acceptors (Lipinski definition) is 3. The van der Waals surface area contributed by atoms with Gasteiger partial charge in [-0.15, -0.1) is 0 Å². The summed E-state index contributed by atoms with van der Waals surface area (Å²) in [5.74, 6) is 0. The third kappa shape index (κ3) is 3.63. The predicted octanol–water partition coefficient (Wildman–Crippen LogP) is 2.23. The van der Waals surface area contributed by atoms with E-state index < -0.39 is 5.60 Å². The van der Waals surface area contributed by atoms with Crippen molar-refractivity contribution in [1.82, 2.24) is 14.8 Å². The van der Waals surface area contributed by atoms with Crippen molar-refractivity contribution in [2.24, 2.45) is 0 Å². The monoisotopic (exact) mass is 335 g/mol. The third-order valence-electron chi connectivity index (χ3n) is 4.38. The Hall–Kier alpha value is -2.24. The van der Waals surface area contributed by atoms with Gasteiger partial charge in [0.1, 0.15) is 18.3 Å². The van der Waals surface area contributed by atoms with Gasteiger partial charge in [-0.3, -0.25) is 0 Å². The number of aromatic nitrogens is 3. The number of rotatable bonds is 6. The van der Waals surface area contributed by atoms with E-state index in [9.17, 15) is 5.11 Å². The Labute approximate surface area is 145 Å². The molecule has 5 heteroatoms. The quantitative estimate of drug-likeness (QED) is 0.703. The highest BCUT2D eigenvalue weighted by Crippen LogP contribution is 2.27. The molecule has 122 valence electrons. The van der Waals surface area contributed by atoms with Gasteiger partial charge in [-0.2, -0.15) is 5.10 Å². The SMILES string of the molecule is Cc1cccc([Si]CC(O)(Cn2cncn2)c2ccccc2)c1C. The number of nitrogens with zero attached hydrogens (tertiary/aromatic N) is 3. The summed E-state index contributed by atoms with van der Waals surface area (Å²) < 4.78 is 1.70. The number of hydrogen-bond donors (Lipinski definition) is 1.